The molecule has 0 spiro atoms. The molecular formula is C9H20N2. The molecule has 0 radical (unpaired) electrons. The monoisotopic (exact) mass is 156 g/mol. The SMILES string of the molecule is CNC(C)(C)CN1CC(C)C1. The Morgan fingerprint density at radius 2 is 2.00 bits per heavy atom. The molecule has 0 saturated carbocycles. The summed E-state index contributed by atoms with van der Waals surface area (Å²) in [5.74, 6) is 0.919. The van der Waals surface area contributed by atoms with E-state index in [1.54, 1.807) is 0 Å². The summed E-state index contributed by atoms with van der Waals surface area (Å²) >= 11 is 0. The number of likely N-dealkylation sites (tertiary alicyclic amines) is 1. The van der Waals surface area contributed by atoms with Crippen molar-refractivity contribution in [3.05, 3.63) is 0 Å². The molecule has 0 aromatic rings. The zero-order valence-electron chi connectivity index (χ0n) is 8.15. The standard InChI is InChI=1S/C9H20N2/c1-8-5-11(6-8)7-9(2,3)10-4/h8,10H,5-7H2,1-4H3. The van der Waals surface area contributed by atoms with E-state index in [2.05, 4.69) is 31.0 Å². The van der Waals surface area contributed by atoms with Gasteiger partial charge in [0.25, 0.3) is 0 Å². The van der Waals surface area contributed by atoms with E-state index >= 15 is 0 Å². The van der Waals surface area contributed by atoms with Crippen LogP contribution in [-0.2, 0) is 0 Å². The van der Waals surface area contributed by atoms with Crippen LogP contribution in [0.15, 0.2) is 0 Å². The summed E-state index contributed by atoms with van der Waals surface area (Å²) in [7, 11) is 2.03. The minimum absolute atomic E-state index is 0.278. The summed E-state index contributed by atoms with van der Waals surface area (Å²) in [5, 5.41) is 3.31. The molecule has 1 rings (SSSR count). The topological polar surface area (TPSA) is 15.3 Å². The van der Waals surface area contributed by atoms with E-state index in [1.165, 1.54) is 19.6 Å². The van der Waals surface area contributed by atoms with Gasteiger partial charge in [0.05, 0.1) is 0 Å². The van der Waals surface area contributed by atoms with Gasteiger partial charge in [0.1, 0.15) is 0 Å². The maximum Gasteiger partial charge on any atom is 0.0249 e. The summed E-state index contributed by atoms with van der Waals surface area (Å²) in [6.07, 6.45) is 0. The molecule has 1 aliphatic rings. The third kappa shape index (κ3) is 2.46. The van der Waals surface area contributed by atoms with Crippen molar-refractivity contribution in [2.24, 2.45) is 5.92 Å². The zero-order valence-corrected chi connectivity index (χ0v) is 8.15. The van der Waals surface area contributed by atoms with E-state index in [4.69, 9.17) is 0 Å². The van der Waals surface area contributed by atoms with E-state index in [-0.39, 0.29) is 5.54 Å². The highest BCUT2D eigenvalue weighted by Crippen LogP contribution is 2.17. The lowest BCUT2D eigenvalue weighted by molar-refractivity contribution is 0.0835. The minimum Gasteiger partial charge on any atom is -0.314 e. The van der Waals surface area contributed by atoms with Crippen LogP contribution in [0.4, 0.5) is 0 Å². The normalized spacial score (nSPS) is 21.8. The van der Waals surface area contributed by atoms with Crippen molar-refractivity contribution in [2.45, 2.75) is 26.3 Å². The summed E-state index contributed by atoms with van der Waals surface area (Å²) < 4.78 is 0. The summed E-state index contributed by atoms with van der Waals surface area (Å²) in [6, 6.07) is 0. The minimum atomic E-state index is 0.278. The van der Waals surface area contributed by atoms with Gasteiger partial charge in [-0.05, 0) is 26.8 Å². The Balaban J connectivity index is 2.21. The van der Waals surface area contributed by atoms with E-state index in [9.17, 15) is 0 Å². The molecule has 0 amide bonds. The third-order valence-corrected chi connectivity index (χ3v) is 2.44. The Kier molecular flexibility index (Phi) is 2.55. The molecule has 1 heterocycles. The van der Waals surface area contributed by atoms with Gasteiger partial charge in [-0.15, -0.1) is 0 Å². The van der Waals surface area contributed by atoms with Gasteiger partial charge in [-0.25, -0.2) is 0 Å². The van der Waals surface area contributed by atoms with Gasteiger partial charge in [-0.2, -0.15) is 0 Å². The first kappa shape index (κ1) is 9.01. The summed E-state index contributed by atoms with van der Waals surface area (Å²) in [6.45, 7) is 10.5. The van der Waals surface area contributed by atoms with Crippen molar-refractivity contribution in [1.29, 1.82) is 0 Å². The molecule has 0 unspecified atom stereocenters. The van der Waals surface area contributed by atoms with E-state index in [0.29, 0.717) is 0 Å². The maximum atomic E-state index is 3.31. The molecule has 1 N–H and O–H groups in total. The second-order valence-corrected chi connectivity index (χ2v) is 4.43. The highest BCUT2D eigenvalue weighted by molar-refractivity contribution is 4.85. The lowest BCUT2D eigenvalue weighted by atomic mass is 9.98. The van der Waals surface area contributed by atoms with Crippen LogP contribution in [0.5, 0.6) is 0 Å². The highest BCUT2D eigenvalue weighted by Gasteiger charge is 2.27. The smallest absolute Gasteiger partial charge is 0.0249 e. The molecule has 0 aliphatic carbocycles. The van der Waals surface area contributed by atoms with Crippen molar-refractivity contribution in [3.63, 3.8) is 0 Å². The van der Waals surface area contributed by atoms with Crippen LogP contribution in [-0.4, -0.2) is 37.1 Å². The fourth-order valence-electron chi connectivity index (χ4n) is 1.60. The average molecular weight is 156 g/mol. The van der Waals surface area contributed by atoms with Gasteiger partial charge < -0.3 is 10.2 Å². The van der Waals surface area contributed by atoms with Crippen LogP contribution in [0, 0.1) is 5.92 Å². The van der Waals surface area contributed by atoms with Gasteiger partial charge in [0, 0.05) is 25.2 Å². The Labute approximate surface area is 70.0 Å². The fourth-order valence-corrected chi connectivity index (χ4v) is 1.60. The third-order valence-electron chi connectivity index (χ3n) is 2.44. The lowest BCUT2D eigenvalue weighted by Crippen LogP contribution is -2.54. The Hall–Kier alpha value is -0.0800. The Morgan fingerprint density at radius 3 is 2.36 bits per heavy atom. The van der Waals surface area contributed by atoms with Crippen molar-refractivity contribution in [2.75, 3.05) is 26.7 Å². The molecule has 66 valence electrons. The summed E-state index contributed by atoms with van der Waals surface area (Å²) in [5.41, 5.74) is 0.278. The van der Waals surface area contributed by atoms with Gasteiger partial charge in [0.2, 0.25) is 0 Å². The van der Waals surface area contributed by atoms with Crippen LogP contribution >= 0.6 is 0 Å². The quantitative estimate of drug-likeness (QED) is 0.654. The van der Waals surface area contributed by atoms with Gasteiger partial charge in [-0.1, -0.05) is 6.92 Å². The van der Waals surface area contributed by atoms with Crippen LogP contribution in [0.3, 0.4) is 0 Å². The number of nitrogens with zero attached hydrogens (tertiary/aromatic N) is 1. The molecule has 1 saturated heterocycles. The number of hydrogen-bond acceptors (Lipinski definition) is 2. The van der Waals surface area contributed by atoms with Crippen LogP contribution in [0.25, 0.3) is 0 Å². The molecule has 0 bridgehead atoms. The molecule has 0 aromatic carbocycles. The second kappa shape index (κ2) is 3.11. The zero-order chi connectivity index (χ0) is 8.48. The van der Waals surface area contributed by atoms with Crippen LogP contribution < -0.4 is 5.32 Å². The molecule has 1 fully saturated rings. The first-order chi connectivity index (χ1) is 5.03. The number of likely N-dealkylation sites (N-methyl/N-ethyl adjacent to an activating group) is 1. The first-order valence-corrected chi connectivity index (χ1v) is 4.45. The van der Waals surface area contributed by atoms with Crippen LogP contribution in [0.1, 0.15) is 20.8 Å². The van der Waals surface area contributed by atoms with Gasteiger partial charge in [0.15, 0.2) is 0 Å². The number of rotatable bonds is 3. The lowest BCUT2D eigenvalue weighted by Gasteiger charge is -2.42. The highest BCUT2D eigenvalue weighted by atomic mass is 15.2. The van der Waals surface area contributed by atoms with Gasteiger partial charge >= 0.3 is 0 Å². The molecular weight excluding hydrogens is 136 g/mol. The van der Waals surface area contributed by atoms with Crippen molar-refractivity contribution >= 4 is 0 Å². The largest absolute Gasteiger partial charge is 0.314 e. The Bertz CT molecular complexity index is 126. The van der Waals surface area contributed by atoms with Crippen molar-refractivity contribution in [3.8, 4) is 0 Å². The molecule has 2 heteroatoms. The van der Waals surface area contributed by atoms with E-state index in [0.717, 1.165) is 5.92 Å². The van der Waals surface area contributed by atoms with Crippen molar-refractivity contribution in [1.82, 2.24) is 10.2 Å². The predicted octanol–water partition coefficient (Wildman–Crippen LogP) is 0.936. The first-order valence-electron chi connectivity index (χ1n) is 4.45. The Morgan fingerprint density at radius 1 is 1.45 bits per heavy atom. The molecule has 0 atom stereocenters. The van der Waals surface area contributed by atoms with E-state index in [1.807, 2.05) is 7.05 Å². The number of nitrogens with one attached hydrogen (secondary N) is 1. The van der Waals surface area contributed by atoms with Crippen molar-refractivity contribution < 1.29 is 0 Å². The van der Waals surface area contributed by atoms with E-state index < -0.39 is 0 Å². The van der Waals surface area contributed by atoms with Gasteiger partial charge in [-0.3, -0.25) is 0 Å². The van der Waals surface area contributed by atoms with Crippen LogP contribution in [0.2, 0.25) is 0 Å². The predicted molar refractivity (Wildman–Crippen MR) is 48.7 cm³/mol. The fraction of sp³-hybridized carbons (Fsp3) is 1.00. The number of hydrogen-bond donors (Lipinski definition) is 1. The molecule has 2 nitrogen and oxygen atoms in total. The molecule has 0 aromatic heterocycles. The molecule has 11 heavy (non-hydrogen) atoms. The average Bonchev–Trinajstić information content (AvgIpc) is 1.84. The molecule has 1 aliphatic heterocycles. The summed E-state index contributed by atoms with van der Waals surface area (Å²) in [4.78, 5) is 2.50. The maximum absolute atomic E-state index is 3.31. The second-order valence-electron chi connectivity index (χ2n) is 4.43.